The van der Waals surface area contributed by atoms with Gasteiger partial charge in [0.1, 0.15) is 0 Å². The van der Waals surface area contributed by atoms with Crippen LogP contribution in [-0.2, 0) is 19.6 Å². The van der Waals surface area contributed by atoms with Crippen molar-refractivity contribution < 1.29 is 22.7 Å². The van der Waals surface area contributed by atoms with Crippen LogP contribution in [0.3, 0.4) is 0 Å². The maximum Gasteiger partial charge on any atom is 0.340 e. The third-order valence-electron chi connectivity index (χ3n) is 4.74. The van der Waals surface area contributed by atoms with Gasteiger partial charge in [-0.1, -0.05) is 11.6 Å². The number of sulfonamides is 1. The van der Waals surface area contributed by atoms with Gasteiger partial charge in [0, 0.05) is 26.2 Å². The third kappa shape index (κ3) is 4.80. The molecule has 1 fully saturated rings. The Labute approximate surface area is 165 Å². The van der Waals surface area contributed by atoms with E-state index < -0.39 is 22.6 Å². The van der Waals surface area contributed by atoms with E-state index in [1.807, 2.05) is 13.8 Å². The fourth-order valence-electron chi connectivity index (χ4n) is 3.22. The molecule has 1 aliphatic rings. The number of hydrogen-bond donors (Lipinski definition) is 0. The minimum Gasteiger partial charge on any atom is -0.452 e. The molecule has 1 amide bonds. The average Bonchev–Trinajstić information content (AvgIpc) is 2.59. The van der Waals surface area contributed by atoms with E-state index in [1.165, 1.54) is 26.2 Å². The van der Waals surface area contributed by atoms with Crippen LogP contribution in [-0.4, -0.2) is 62.3 Å². The van der Waals surface area contributed by atoms with E-state index in [2.05, 4.69) is 0 Å². The van der Waals surface area contributed by atoms with E-state index in [1.54, 1.807) is 4.90 Å². The normalized spacial score (nSPS) is 20.6. The standard InChI is InChI=1S/C18H25ClN2O5S/c1-12-6-5-7-13(2)21(12)17(22)11-26-18(23)15-10-14(8-9-16(15)19)27(24,25)20(3)4/h8-10,12-13H,5-7,11H2,1-4H3. The molecule has 0 aliphatic carbocycles. The van der Waals surface area contributed by atoms with Gasteiger partial charge in [0.15, 0.2) is 6.61 Å². The van der Waals surface area contributed by atoms with E-state index in [4.69, 9.17) is 16.3 Å². The highest BCUT2D eigenvalue weighted by atomic mass is 35.5. The topological polar surface area (TPSA) is 84.0 Å². The highest BCUT2D eigenvalue weighted by Crippen LogP contribution is 2.24. The van der Waals surface area contributed by atoms with Crippen LogP contribution in [0, 0.1) is 0 Å². The number of likely N-dealkylation sites (tertiary alicyclic amines) is 1. The van der Waals surface area contributed by atoms with Crippen molar-refractivity contribution in [3.63, 3.8) is 0 Å². The number of rotatable bonds is 5. The Morgan fingerprint density at radius 2 is 1.81 bits per heavy atom. The van der Waals surface area contributed by atoms with Gasteiger partial charge in [-0.3, -0.25) is 4.79 Å². The van der Waals surface area contributed by atoms with Crippen LogP contribution < -0.4 is 0 Å². The molecule has 1 saturated heterocycles. The molecular weight excluding hydrogens is 392 g/mol. The summed E-state index contributed by atoms with van der Waals surface area (Å²) in [5.74, 6) is -1.10. The third-order valence-corrected chi connectivity index (χ3v) is 6.89. The number of benzene rings is 1. The summed E-state index contributed by atoms with van der Waals surface area (Å²) in [7, 11) is -0.940. The van der Waals surface area contributed by atoms with Gasteiger partial charge in [-0.25, -0.2) is 17.5 Å². The summed E-state index contributed by atoms with van der Waals surface area (Å²) in [6.07, 6.45) is 2.90. The van der Waals surface area contributed by atoms with Crippen LogP contribution in [0.4, 0.5) is 0 Å². The summed E-state index contributed by atoms with van der Waals surface area (Å²) in [5.41, 5.74) is -0.0906. The zero-order valence-electron chi connectivity index (χ0n) is 15.9. The Morgan fingerprint density at radius 1 is 1.22 bits per heavy atom. The number of piperidine rings is 1. The quantitative estimate of drug-likeness (QED) is 0.688. The first kappa shape index (κ1) is 21.7. The van der Waals surface area contributed by atoms with E-state index in [9.17, 15) is 18.0 Å². The molecule has 1 aromatic carbocycles. The first-order chi connectivity index (χ1) is 12.6. The van der Waals surface area contributed by atoms with E-state index in [0.717, 1.165) is 29.6 Å². The minimum atomic E-state index is -3.72. The second kappa shape index (κ2) is 8.58. The van der Waals surface area contributed by atoms with Crippen molar-refractivity contribution in [2.45, 2.75) is 50.1 Å². The number of halogens is 1. The second-order valence-corrected chi connectivity index (χ2v) is 9.49. The maximum atomic E-state index is 12.5. The molecule has 1 heterocycles. The molecule has 2 rings (SSSR count). The smallest absolute Gasteiger partial charge is 0.340 e. The van der Waals surface area contributed by atoms with E-state index in [0.29, 0.717) is 0 Å². The van der Waals surface area contributed by atoms with Crippen LogP contribution in [0.5, 0.6) is 0 Å². The number of amides is 1. The molecule has 0 aromatic heterocycles. The predicted octanol–water partition coefficient (Wildman–Crippen LogP) is 2.54. The van der Waals surface area contributed by atoms with Crippen LogP contribution in [0.25, 0.3) is 0 Å². The first-order valence-corrected chi connectivity index (χ1v) is 10.6. The van der Waals surface area contributed by atoms with Crippen molar-refractivity contribution in [3.8, 4) is 0 Å². The molecule has 0 saturated carbocycles. The van der Waals surface area contributed by atoms with Crippen LogP contribution in [0.2, 0.25) is 5.02 Å². The fourth-order valence-corrected chi connectivity index (χ4v) is 4.35. The summed E-state index contributed by atoms with van der Waals surface area (Å²) in [4.78, 5) is 26.5. The highest BCUT2D eigenvalue weighted by Gasteiger charge is 2.30. The number of hydrogen-bond acceptors (Lipinski definition) is 5. The maximum absolute atomic E-state index is 12.5. The summed E-state index contributed by atoms with van der Waals surface area (Å²) in [6.45, 7) is 3.54. The van der Waals surface area contributed by atoms with Crippen LogP contribution in [0.15, 0.2) is 23.1 Å². The van der Waals surface area contributed by atoms with Crippen molar-refractivity contribution in [2.24, 2.45) is 0 Å². The predicted molar refractivity (Wildman–Crippen MR) is 102 cm³/mol. The number of nitrogens with zero attached hydrogens (tertiary/aromatic N) is 2. The lowest BCUT2D eigenvalue weighted by molar-refractivity contribution is -0.140. The lowest BCUT2D eigenvalue weighted by Gasteiger charge is -2.38. The zero-order chi connectivity index (χ0) is 20.4. The molecule has 27 heavy (non-hydrogen) atoms. The monoisotopic (exact) mass is 416 g/mol. The van der Waals surface area contributed by atoms with Gasteiger partial charge in [0.05, 0.1) is 15.5 Å². The first-order valence-electron chi connectivity index (χ1n) is 8.76. The molecule has 2 unspecified atom stereocenters. The molecule has 0 radical (unpaired) electrons. The molecule has 1 aromatic rings. The highest BCUT2D eigenvalue weighted by molar-refractivity contribution is 7.89. The molecule has 0 bridgehead atoms. The van der Waals surface area contributed by atoms with Gasteiger partial charge >= 0.3 is 5.97 Å². The minimum absolute atomic E-state index is 0.0601. The summed E-state index contributed by atoms with van der Waals surface area (Å²) in [6, 6.07) is 3.99. The van der Waals surface area contributed by atoms with Gasteiger partial charge in [0.2, 0.25) is 10.0 Å². The zero-order valence-corrected chi connectivity index (χ0v) is 17.5. The van der Waals surface area contributed by atoms with E-state index in [-0.39, 0.29) is 33.5 Å². The summed E-state index contributed by atoms with van der Waals surface area (Å²) in [5, 5.41) is 0.0601. The van der Waals surface area contributed by atoms with Crippen molar-refractivity contribution in [3.05, 3.63) is 28.8 Å². The number of esters is 1. The van der Waals surface area contributed by atoms with Crippen LogP contribution in [0.1, 0.15) is 43.5 Å². The molecule has 2 atom stereocenters. The largest absolute Gasteiger partial charge is 0.452 e. The fraction of sp³-hybridized carbons (Fsp3) is 0.556. The number of ether oxygens (including phenoxy) is 1. The van der Waals surface area contributed by atoms with Crippen molar-refractivity contribution in [2.75, 3.05) is 20.7 Å². The van der Waals surface area contributed by atoms with Gasteiger partial charge in [0.25, 0.3) is 5.91 Å². The molecular formula is C18H25ClN2O5S. The molecule has 9 heteroatoms. The Kier molecular flexibility index (Phi) is 6.88. The number of carbonyl (C=O) groups excluding carboxylic acids is 2. The summed E-state index contributed by atoms with van der Waals surface area (Å²) >= 11 is 6.03. The molecule has 0 spiro atoms. The lowest BCUT2D eigenvalue weighted by Crippen LogP contribution is -2.49. The van der Waals surface area contributed by atoms with E-state index >= 15 is 0 Å². The second-order valence-electron chi connectivity index (χ2n) is 6.94. The van der Waals surface area contributed by atoms with Crippen molar-refractivity contribution in [1.82, 2.24) is 9.21 Å². The van der Waals surface area contributed by atoms with Gasteiger partial charge < -0.3 is 9.64 Å². The van der Waals surface area contributed by atoms with Gasteiger partial charge in [-0.2, -0.15) is 0 Å². The Balaban J connectivity index is 2.13. The molecule has 1 aliphatic heterocycles. The average molecular weight is 417 g/mol. The van der Waals surface area contributed by atoms with Gasteiger partial charge in [-0.15, -0.1) is 0 Å². The molecule has 0 N–H and O–H groups in total. The Bertz CT molecular complexity index is 815. The lowest BCUT2D eigenvalue weighted by atomic mass is 9.97. The molecule has 7 nitrogen and oxygen atoms in total. The molecule has 150 valence electrons. The number of carbonyl (C=O) groups is 2. The summed E-state index contributed by atoms with van der Waals surface area (Å²) < 4.78 is 30.6. The van der Waals surface area contributed by atoms with Crippen molar-refractivity contribution >= 4 is 33.5 Å². The van der Waals surface area contributed by atoms with Crippen LogP contribution >= 0.6 is 11.6 Å². The SMILES string of the molecule is CC1CCCC(C)N1C(=O)COC(=O)c1cc(S(=O)(=O)N(C)C)ccc1Cl. The Hall–Kier alpha value is -1.64. The van der Waals surface area contributed by atoms with Crippen molar-refractivity contribution in [1.29, 1.82) is 0 Å². The Morgan fingerprint density at radius 3 is 2.37 bits per heavy atom. The van der Waals surface area contributed by atoms with Gasteiger partial charge in [-0.05, 0) is 51.3 Å².